The summed E-state index contributed by atoms with van der Waals surface area (Å²) in [6.45, 7) is 8.56. The Labute approximate surface area is 63.1 Å². The van der Waals surface area contributed by atoms with Gasteiger partial charge in [0.25, 0.3) is 0 Å². The quantitative estimate of drug-likeness (QED) is 0.420. The summed E-state index contributed by atoms with van der Waals surface area (Å²) < 4.78 is 5.13. The van der Waals surface area contributed by atoms with Gasteiger partial charge in [-0.15, -0.1) is 6.58 Å². The first kappa shape index (κ1) is 7.80. The van der Waals surface area contributed by atoms with E-state index in [2.05, 4.69) is 13.5 Å². The molecule has 1 saturated heterocycles. The number of hydrogen-bond acceptors (Lipinski definition) is 1. The lowest BCUT2D eigenvalue weighted by molar-refractivity contribution is 0.353. The number of epoxide rings is 1. The van der Waals surface area contributed by atoms with E-state index in [9.17, 15) is 0 Å². The Balaban J connectivity index is 2.11. The highest BCUT2D eigenvalue weighted by Crippen LogP contribution is 2.23. The molecule has 0 aromatic heterocycles. The second-order valence-electron chi connectivity index (χ2n) is 2.87. The minimum Gasteiger partial charge on any atom is -0.373 e. The van der Waals surface area contributed by atoms with E-state index in [1.54, 1.807) is 0 Å². The van der Waals surface area contributed by atoms with E-state index in [4.69, 9.17) is 4.74 Å². The average Bonchev–Trinajstić information content (AvgIpc) is 2.71. The van der Waals surface area contributed by atoms with Gasteiger partial charge in [-0.2, -0.15) is 0 Å². The fourth-order valence-corrected chi connectivity index (χ4v) is 1.14. The Hall–Kier alpha value is -0.300. The van der Waals surface area contributed by atoms with Crippen molar-refractivity contribution in [3.05, 3.63) is 19.6 Å². The molecule has 0 amide bonds. The minimum atomic E-state index is 0.548. The molecule has 0 aromatic rings. The first-order valence-electron chi connectivity index (χ1n) is 3.88. The van der Waals surface area contributed by atoms with Crippen LogP contribution >= 0.6 is 0 Å². The summed E-state index contributed by atoms with van der Waals surface area (Å²) in [5, 5.41) is 0. The van der Waals surface area contributed by atoms with E-state index in [-0.39, 0.29) is 0 Å². The smallest absolute Gasteiger partial charge is 0.0812 e. The minimum absolute atomic E-state index is 0.548. The maximum atomic E-state index is 5.13. The molecule has 0 spiro atoms. The van der Waals surface area contributed by atoms with Gasteiger partial charge in [-0.25, -0.2) is 0 Å². The summed E-state index contributed by atoms with van der Waals surface area (Å²) in [7, 11) is 0. The third-order valence-electron chi connectivity index (χ3n) is 1.91. The highest BCUT2D eigenvalue weighted by molar-refractivity contribution is 4.79. The molecule has 0 saturated carbocycles. The summed E-state index contributed by atoms with van der Waals surface area (Å²) in [6, 6.07) is 0. The largest absolute Gasteiger partial charge is 0.373 e. The second kappa shape index (κ2) is 3.77. The Bertz CT molecular complexity index is 105. The first-order valence-corrected chi connectivity index (χ1v) is 3.88. The molecule has 1 aliphatic rings. The number of rotatable bonds is 5. The van der Waals surface area contributed by atoms with Crippen LogP contribution in [-0.2, 0) is 4.74 Å². The maximum Gasteiger partial charge on any atom is 0.0812 e. The highest BCUT2D eigenvalue weighted by Gasteiger charge is 2.24. The summed E-state index contributed by atoms with van der Waals surface area (Å²) in [4.78, 5) is 0. The van der Waals surface area contributed by atoms with Gasteiger partial charge in [-0.05, 0) is 18.8 Å². The number of allylic oxidation sites excluding steroid dienone is 1. The average molecular weight is 139 g/mol. The van der Waals surface area contributed by atoms with Gasteiger partial charge < -0.3 is 4.74 Å². The number of ether oxygens (including phenoxy) is 1. The van der Waals surface area contributed by atoms with Crippen molar-refractivity contribution in [3.8, 4) is 0 Å². The molecule has 1 nitrogen and oxygen atoms in total. The van der Waals surface area contributed by atoms with Crippen molar-refractivity contribution in [1.82, 2.24) is 0 Å². The zero-order valence-corrected chi connectivity index (χ0v) is 6.38. The van der Waals surface area contributed by atoms with Crippen LogP contribution < -0.4 is 0 Å². The summed E-state index contributed by atoms with van der Waals surface area (Å²) in [6.07, 6.45) is 5.79. The molecular formula is C9H15O. The Morgan fingerprint density at radius 3 is 2.80 bits per heavy atom. The summed E-state index contributed by atoms with van der Waals surface area (Å²) >= 11 is 0. The second-order valence-corrected chi connectivity index (χ2v) is 2.87. The van der Waals surface area contributed by atoms with E-state index in [1.807, 2.05) is 6.08 Å². The van der Waals surface area contributed by atoms with Crippen LogP contribution in [0.3, 0.4) is 0 Å². The molecule has 1 fully saturated rings. The van der Waals surface area contributed by atoms with Crippen LogP contribution in [0.5, 0.6) is 0 Å². The Kier molecular flexibility index (Phi) is 2.94. The van der Waals surface area contributed by atoms with Gasteiger partial charge in [0.2, 0.25) is 0 Å². The molecule has 0 aliphatic carbocycles. The molecule has 1 heteroatoms. The SMILES string of the molecule is [CH2]CC(CC=C)CC1CO1. The molecule has 2 atom stereocenters. The van der Waals surface area contributed by atoms with E-state index in [0.29, 0.717) is 12.0 Å². The van der Waals surface area contributed by atoms with Gasteiger partial charge in [-0.1, -0.05) is 19.4 Å². The van der Waals surface area contributed by atoms with Crippen LogP contribution in [0, 0.1) is 12.8 Å². The third kappa shape index (κ3) is 2.53. The van der Waals surface area contributed by atoms with Gasteiger partial charge in [0.05, 0.1) is 12.7 Å². The topological polar surface area (TPSA) is 12.5 Å². The van der Waals surface area contributed by atoms with Crippen molar-refractivity contribution in [1.29, 1.82) is 0 Å². The highest BCUT2D eigenvalue weighted by atomic mass is 16.6. The first-order chi connectivity index (χ1) is 4.86. The predicted molar refractivity (Wildman–Crippen MR) is 42.6 cm³/mol. The molecule has 1 rings (SSSR count). The molecule has 0 N–H and O–H groups in total. The predicted octanol–water partition coefficient (Wildman–Crippen LogP) is 2.19. The Morgan fingerprint density at radius 1 is 1.70 bits per heavy atom. The van der Waals surface area contributed by atoms with Crippen molar-refractivity contribution in [2.45, 2.75) is 25.4 Å². The zero-order valence-electron chi connectivity index (χ0n) is 6.38. The maximum absolute atomic E-state index is 5.13. The fraction of sp³-hybridized carbons (Fsp3) is 0.667. The fourth-order valence-electron chi connectivity index (χ4n) is 1.14. The molecule has 0 aromatic carbocycles. The molecule has 0 bridgehead atoms. The van der Waals surface area contributed by atoms with Crippen molar-refractivity contribution < 1.29 is 4.74 Å². The van der Waals surface area contributed by atoms with Crippen LogP contribution in [0.25, 0.3) is 0 Å². The third-order valence-corrected chi connectivity index (χ3v) is 1.91. The molecule has 1 radical (unpaired) electrons. The van der Waals surface area contributed by atoms with Crippen molar-refractivity contribution >= 4 is 0 Å². The van der Waals surface area contributed by atoms with E-state index in [0.717, 1.165) is 19.4 Å². The van der Waals surface area contributed by atoms with E-state index in [1.165, 1.54) is 6.42 Å². The van der Waals surface area contributed by atoms with Crippen LogP contribution in [-0.4, -0.2) is 12.7 Å². The normalized spacial score (nSPS) is 25.9. The summed E-state index contributed by atoms with van der Waals surface area (Å²) in [5.74, 6) is 0.699. The molecular weight excluding hydrogens is 124 g/mol. The van der Waals surface area contributed by atoms with Crippen molar-refractivity contribution in [3.63, 3.8) is 0 Å². The van der Waals surface area contributed by atoms with Crippen LogP contribution in [0.2, 0.25) is 0 Å². The molecule has 10 heavy (non-hydrogen) atoms. The van der Waals surface area contributed by atoms with Crippen LogP contribution in [0.4, 0.5) is 0 Å². The van der Waals surface area contributed by atoms with Crippen LogP contribution in [0.1, 0.15) is 19.3 Å². The molecule has 1 heterocycles. The van der Waals surface area contributed by atoms with Gasteiger partial charge in [-0.3, -0.25) is 0 Å². The van der Waals surface area contributed by atoms with Gasteiger partial charge in [0.15, 0.2) is 0 Å². The Morgan fingerprint density at radius 2 is 2.40 bits per heavy atom. The van der Waals surface area contributed by atoms with Gasteiger partial charge in [0.1, 0.15) is 0 Å². The lowest BCUT2D eigenvalue weighted by Gasteiger charge is -2.08. The van der Waals surface area contributed by atoms with Gasteiger partial charge in [0, 0.05) is 0 Å². The molecule has 2 unspecified atom stereocenters. The molecule has 57 valence electrons. The molecule has 1 aliphatic heterocycles. The van der Waals surface area contributed by atoms with Crippen LogP contribution in [0.15, 0.2) is 12.7 Å². The van der Waals surface area contributed by atoms with E-state index < -0.39 is 0 Å². The summed E-state index contributed by atoms with van der Waals surface area (Å²) in [5.41, 5.74) is 0. The van der Waals surface area contributed by atoms with E-state index >= 15 is 0 Å². The van der Waals surface area contributed by atoms with Crippen molar-refractivity contribution in [2.24, 2.45) is 5.92 Å². The monoisotopic (exact) mass is 139 g/mol. The van der Waals surface area contributed by atoms with Crippen molar-refractivity contribution in [2.75, 3.05) is 6.61 Å². The number of hydrogen-bond donors (Lipinski definition) is 0. The van der Waals surface area contributed by atoms with Gasteiger partial charge >= 0.3 is 0 Å². The standard InChI is InChI=1S/C9H15O/c1-3-5-8(4-2)6-9-7-10-9/h3,8-9H,1-2,4-7H2. The lowest BCUT2D eigenvalue weighted by Crippen LogP contribution is -2.01. The lowest BCUT2D eigenvalue weighted by atomic mass is 9.97. The zero-order chi connectivity index (χ0) is 7.40.